The van der Waals surface area contributed by atoms with Crippen LogP contribution in [0.4, 0.5) is 0 Å². The van der Waals surface area contributed by atoms with Crippen molar-refractivity contribution >= 4 is 5.91 Å². The Labute approximate surface area is 116 Å². The fraction of sp³-hybridized carbons (Fsp3) is 0.929. The third kappa shape index (κ3) is 4.75. The largest absolute Gasteiger partial charge is 0.355 e. The second kappa shape index (κ2) is 7.22. The normalized spacial score (nSPS) is 30.2. The number of rotatable bonds is 4. The highest BCUT2D eigenvalue weighted by molar-refractivity contribution is 5.78. The van der Waals surface area contributed by atoms with E-state index in [2.05, 4.69) is 22.2 Å². The van der Waals surface area contributed by atoms with Crippen LogP contribution in [-0.2, 0) is 4.79 Å². The van der Waals surface area contributed by atoms with Crippen molar-refractivity contribution in [2.45, 2.75) is 31.7 Å². The molecule has 0 aromatic heterocycles. The minimum absolute atomic E-state index is 0.149. The Bertz CT molecular complexity index is 289. The van der Waals surface area contributed by atoms with Crippen LogP contribution in [-0.4, -0.2) is 68.1 Å². The van der Waals surface area contributed by atoms with Gasteiger partial charge in [0.15, 0.2) is 0 Å². The molecule has 1 saturated heterocycles. The molecular formula is C14H28N4O. The smallest absolute Gasteiger partial charge is 0.223 e. The molecule has 0 aromatic carbocycles. The molecule has 5 nitrogen and oxygen atoms in total. The second-order valence-corrected chi connectivity index (χ2v) is 6.06. The van der Waals surface area contributed by atoms with Gasteiger partial charge in [-0.15, -0.1) is 0 Å². The summed E-state index contributed by atoms with van der Waals surface area (Å²) in [5.74, 6) is 0.362. The van der Waals surface area contributed by atoms with Crippen molar-refractivity contribution in [3.05, 3.63) is 0 Å². The summed E-state index contributed by atoms with van der Waals surface area (Å²) >= 11 is 0. The van der Waals surface area contributed by atoms with Gasteiger partial charge in [-0.2, -0.15) is 0 Å². The first-order valence-corrected chi connectivity index (χ1v) is 7.59. The summed E-state index contributed by atoms with van der Waals surface area (Å²) in [4.78, 5) is 16.8. The second-order valence-electron chi connectivity index (χ2n) is 6.06. The Kier molecular flexibility index (Phi) is 5.60. The molecule has 1 saturated carbocycles. The Morgan fingerprint density at radius 1 is 1.26 bits per heavy atom. The molecule has 110 valence electrons. The fourth-order valence-electron chi connectivity index (χ4n) is 3.02. The zero-order valence-corrected chi connectivity index (χ0v) is 12.1. The lowest BCUT2D eigenvalue weighted by Gasteiger charge is -2.32. The summed E-state index contributed by atoms with van der Waals surface area (Å²) in [6, 6.07) is 0.224. The van der Waals surface area contributed by atoms with Gasteiger partial charge in [-0.25, -0.2) is 0 Å². The highest BCUT2D eigenvalue weighted by atomic mass is 16.1. The minimum Gasteiger partial charge on any atom is -0.355 e. The zero-order chi connectivity index (χ0) is 13.7. The van der Waals surface area contributed by atoms with Gasteiger partial charge >= 0.3 is 0 Å². The van der Waals surface area contributed by atoms with Crippen LogP contribution in [0.3, 0.4) is 0 Å². The van der Waals surface area contributed by atoms with Gasteiger partial charge in [-0.05, 0) is 26.3 Å². The average molecular weight is 268 g/mol. The lowest BCUT2D eigenvalue weighted by atomic mass is 9.85. The average Bonchev–Trinajstić information content (AvgIpc) is 2.41. The van der Waals surface area contributed by atoms with Crippen molar-refractivity contribution in [3.8, 4) is 0 Å². The summed E-state index contributed by atoms with van der Waals surface area (Å²) in [5.41, 5.74) is 5.93. The molecule has 2 aliphatic rings. The number of hydrogen-bond acceptors (Lipinski definition) is 4. The van der Waals surface area contributed by atoms with Crippen LogP contribution in [0.2, 0.25) is 0 Å². The van der Waals surface area contributed by atoms with Gasteiger partial charge in [0.05, 0.1) is 0 Å². The number of amides is 1. The summed E-state index contributed by atoms with van der Waals surface area (Å²) in [6.07, 6.45) is 4.04. The van der Waals surface area contributed by atoms with Crippen molar-refractivity contribution in [3.63, 3.8) is 0 Å². The van der Waals surface area contributed by atoms with E-state index >= 15 is 0 Å². The van der Waals surface area contributed by atoms with E-state index in [1.165, 1.54) is 0 Å². The maximum absolute atomic E-state index is 12.0. The number of piperazine rings is 1. The van der Waals surface area contributed by atoms with Gasteiger partial charge in [-0.3, -0.25) is 9.69 Å². The van der Waals surface area contributed by atoms with Crippen LogP contribution >= 0.6 is 0 Å². The molecule has 1 heterocycles. The molecule has 2 unspecified atom stereocenters. The number of likely N-dealkylation sites (N-methyl/N-ethyl adjacent to an activating group) is 1. The minimum atomic E-state index is 0.149. The highest BCUT2D eigenvalue weighted by Gasteiger charge is 2.25. The molecule has 1 aliphatic heterocycles. The van der Waals surface area contributed by atoms with Crippen LogP contribution < -0.4 is 11.1 Å². The number of nitrogens with zero attached hydrogens (tertiary/aromatic N) is 2. The van der Waals surface area contributed by atoms with Crippen molar-refractivity contribution in [1.82, 2.24) is 15.1 Å². The van der Waals surface area contributed by atoms with Crippen LogP contribution in [0.15, 0.2) is 0 Å². The number of hydrogen-bond donors (Lipinski definition) is 2. The molecule has 3 N–H and O–H groups in total. The molecular weight excluding hydrogens is 240 g/mol. The van der Waals surface area contributed by atoms with Gasteiger partial charge in [0.25, 0.3) is 0 Å². The predicted octanol–water partition coefficient (Wildman–Crippen LogP) is -0.132. The lowest BCUT2D eigenvalue weighted by Crippen LogP contribution is -2.47. The maximum atomic E-state index is 12.0. The van der Waals surface area contributed by atoms with Crippen molar-refractivity contribution in [2.24, 2.45) is 11.7 Å². The third-order valence-electron chi connectivity index (χ3n) is 4.41. The fourth-order valence-corrected chi connectivity index (χ4v) is 3.02. The SMILES string of the molecule is CN1CCN(CCNC(=O)C2CCCC(N)C2)CC1. The molecule has 2 fully saturated rings. The van der Waals surface area contributed by atoms with Crippen LogP contribution in [0.25, 0.3) is 0 Å². The summed E-state index contributed by atoms with van der Waals surface area (Å²) in [7, 11) is 2.16. The molecule has 19 heavy (non-hydrogen) atoms. The predicted molar refractivity (Wildman–Crippen MR) is 76.9 cm³/mol. The molecule has 0 aromatic rings. The van der Waals surface area contributed by atoms with E-state index in [-0.39, 0.29) is 17.9 Å². The Morgan fingerprint density at radius 2 is 2.00 bits per heavy atom. The molecule has 0 radical (unpaired) electrons. The molecule has 1 amide bonds. The van der Waals surface area contributed by atoms with E-state index in [0.29, 0.717) is 0 Å². The van der Waals surface area contributed by atoms with Gasteiger partial charge < -0.3 is 16.0 Å². The van der Waals surface area contributed by atoms with E-state index in [4.69, 9.17) is 5.73 Å². The highest BCUT2D eigenvalue weighted by Crippen LogP contribution is 2.22. The number of nitrogens with two attached hydrogens (primary N) is 1. The van der Waals surface area contributed by atoms with E-state index in [1.54, 1.807) is 0 Å². The maximum Gasteiger partial charge on any atom is 0.223 e. The molecule has 2 rings (SSSR count). The molecule has 2 atom stereocenters. The number of carbonyl (C=O) groups is 1. The third-order valence-corrected chi connectivity index (χ3v) is 4.41. The molecule has 0 bridgehead atoms. The van der Waals surface area contributed by atoms with Crippen LogP contribution in [0.1, 0.15) is 25.7 Å². The van der Waals surface area contributed by atoms with Gasteiger partial charge in [0, 0.05) is 51.2 Å². The van der Waals surface area contributed by atoms with E-state index in [0.717, 1.165) is 65.0 Å². The van der Waals surface area contributed by atoms with Gasteiger partial charge in [0.1, 0.15) is 0 Å². The number of carbonyl (C=O) groups excluding carboxylic acids is 1. The van der Waals surface area contributed by atoms with Crippen LogP contribution in [0, 0.1) is 5.92 Å². The summed E-state index contributed by atoms with van der Waals surface area (Å²) in [6.45, 7) is 6.23. The first kappa shape index (κ1) is 14.8. The molecule has 0 spiro atoms. The molecule has 5 heteroatoms. The van der Waals surface area contributed by atoms with E-state index in [1.807, 2.05) is 0 Å². The zero-order valence-electron chi connectivity index (χ0n) is 12.1. The van der Waals surface area contributed by atoms with E-state index < -0.39 is 0 Å². The summed E-state index contributed by atoms with van der Waals surface area (Å²) < 4.78 is 0. The van der Waals surface area contributed by atoms with Crippen LogP contribution in [0.5, 0.6) is 0 Å². The van der Waals surface area contributed by atoms with Gasteiger partial charge in [0.2, 0.25) is 5.91 Å². The quantitative estimate of drug-likeness (QED) is 0.745. The monoisotopic (exact) mass is 268 g/mol. The van der Waals surface area contributed by atoms with Crippen molar-refractivity contribution < 1.29 is 4.79 Å². The topological polar surface area (TPSA) is 61.6 Å². The van der Waals surface area contributed by atoms with Crippen molar-refractivity contribution in [2.75, 3.05) is 46.3 Å². The Morgan fingerprint density at radius 3 is 2.68 bits per heavy atom. The number of nitrogens with one attached hydrogen (secondary N) is 1. The first-order valence-electron chi connectivity index (χ1n) is 7.59. The van der Waals surface area contributed by atoms with Crippen molar-refractivity contribution in [1.29, 1.82) is 0 Å². The standard InChI is InChI=1S/C14H28N4O/c1-17-7-9-18(10-8-17)6-5-16-14(19)12-3-2-4-13(15)11-12/h12-13H,2-11,15H2,1H3,(H,16,19). The van der Waals surface area contributed by atoms with E-state index in [9.17, 15) is 4.79 Å². The Balaban J connectivity index is 1.61. The first-order chi connectivity index (χ1) is 9.15. The van der Waals surface area contributed by atoms with Gasteiger partial charge in [-0.1, -0.05) is 6.42 Å². The summed E-state index contributed by atoms with van der Waals surface area (Å²) in [5, 5.41) is 3.08. The lowest BCUT2D eigenvalue weighted by molar-refractivity contribution is -0.126. The Hall–Kier alpha value is -0.650. The molecule has 1 aliphatic carbocycles.